The summed E-state index contributed by atoms with van der Waals surface area (Å²) in [6, 6.07) is 46.7. The van der Waals surface area contributed by atoms with Gasteiger partial charge in [0, 0.05) is 44.6 Å². The van der Waals surface area contributed by atoms with Gasteiger partial charge in [0.2, 0.25) is 0 Å². The molecule has 0 saturated carbocycles. The summed E-state index contributed by atoms with van der Waals surface area (Å²) >= 11 is 0. The van der Waals surface area contributed by atoms with Crippen LogP contribution in [0.3, 0.4) is 0 Å². The molecule has 9 rings (SSSR count). The Bertz CT molecular complexity index is 2370. The van der Waals surface area contributed by atoms with Crippen LogP contribution in [-0.4, -0.2) is 9.55 Å². The molecule has 0 unspecified atom stereocenters. The van der Waals surface area contributed by atoms with Gasteiger partial charge >= 0.3 is 0 Å². The summed E-state index contributed by atoms with van der Waals surface area (Å²) in [6.07, 6.45) is 1.88. The van der Waals surface area contributed by atoms with Gasteiger partial charge in [0.25, 0.3) is 0 Å². The van der Waals surface area contributed by atoms with Gasteiger partial charge in [-0.1, -0.05) is 111 Å². The number of fused-ring (bicyclic) bond motifs is 7. The first-order valence-electron chi connectivity index (χ1n) is 14.6. The van der Waals surface area contributed by atoms with Crippen LogP contribution in [0.1, 0.15) is 25.0 Å². The molecule has 2 heteroatoms. The molecule has 2 heterocycles. The highest BCUT2D eigenvalue weighted by molar-refractivity contribution is 6.23. The third kappa shape index (κ3) is 3.07. The molecule has 8 aromatic rings. The molecule has 0 saturated heterocycles. The highest BCUT2D eigenvalue weighted by Crippen LogP contribution is 2.52. The average molecular weight is 537 g/mol. The summed E-state index contributed by atoms with van der Waals surface area (Å²) in [5.74, 6) is 0. The van der Waals surface area contributed by atoms with E-state index in [9.17, 15) is 0 Å². The van der Waals surface area contributed by atoms with Crippen molar-refractivity contribution in [1.29, 1.82) is 0 Å². The van der Waals surface area contributed by atoms with Crippen molar-refractivity contribution < 1.29 is 0 Å². The first-order valence-corrected chi connectivity index (χ1v) is 14.6. The Morgan fingerprint density at radius 2 is 1.31 bits per heavy atom. The maximum Gasteiger partial charge on any atom is 0.0780 e. The van der Waals surface area contributed by atoms with Crippen LogP contribution in [0, 0.1) is 0 Å². The molecule has 0 atom stereocenters. The molecule has 42 heavy (non-hydrogen) atoms. The maximum atomic E-state index is 4.71. The van der Waals surface area contributed by atoms with Crippen molar-refractivity contribution in [3.05, 3.63) is 145 Å². The largest absolute Gasteiger partial charge is 0.309 e. The second-order valence-electron chi connectivity index (χ2n) is 12.0. The highest BCUT2D eigenvalue weighted by atomic mass is 15.0. The predicted molar refractivity (Wildman–Crippen MR) is 177 cm³/mol. The molecule has 198 valence electrons. The number of nitrogens with zero attached hydrogens (tertiary/aromatic N) is 2. The zero-order chi connectivity index (χ0) is 28.0. The van der Waals surface area contributed by atoms with Gasteiger partial charge in [-0.05, 0) is 63.4 Å². The second kappa shape index (κ2) is 8.41. The zero-order valence-electron chi connectivity index (χ0n) is 23.6. The summed E-state index contributed by atoms with van der Waals surface area (Å²) in [5, 5.41) is 6.41. The van der Waals surface area contributed by atoms with Crippen molar-refractivity contribution in [2.24, 2.45) is 0 Å². The molecule has 0 radical (unpaired) electrons. The first kappa shape index (κ1) is 23.5. The van der Waals surface area contributed by atoms with Crippen molar-refractivity contribution in [2.75, 3.05) is 0 Å². The summed E-state index contributed by atoms with van der Waals surface area (Å²) < 4.78 is 2.48. The van der Waals surface area contributed by atoms with Gasteiger partial charge in [0.1, 0.15) is 0 Å². The molecular weight excluding hydrogens is 508 g/mol. The van der Waals surface area contributed by atoms with E-state index in [1.165, 1.54) is 60.4 Å². The lowest BCUT2D eigenvalue weighted by atomic mass is 9.68. The fraction of sp³-hybridized carbons (Fsp3) is 0.0750. The first-order chi connectivity index (χ1) is 20.6. The Labute approximate surface area is 244 Å². The van der Waals surface area contributed by atoms with E-state index in [4.69, 9.17) is 4.98 Å². The van der Waals surface area contributed by atoms with Gasteiger partial charge in [-0.3, -0.25) is 4.98 Å². The number of aromatic nitrogens is 2. The minimum atomic E-state index is -0.0816. The normalized spacial score (nSPS) is 13.7. The van der Waals surface area contributed by atoms with Crippen LogP contribution in [0.5, 0.6) is 0 Å². The molecular formula is C40H28N2. The molecule has 0 fully saturated rings. The third-order valence-corrected chi connectivity index (χ3v) is 9.41. The van der Waals surface area contributed by atoms with Crippen LogP contribution in [0.15, 0.2) is 134 Å². The van der Waals surface area contributed by atoms with E-state index in [0.717, 1.165) is 22.2 Å². The van der Waals surface area contributed by atoms with Gasteiger partial charge in [-0.15, -0.1) is 0 Å². The smallest absolute Gasteiger partial charge is 0.0780 e. The van der Waals surface area contributed by atoms with E-state index in [1.54, 1.807) is 0 Å². The number of hydrogen-bond acceptors (Lipinski definition) is 1. The van der Waals surface area contributed by atoms with Gasteiger partial charge in [-0.2, -0.15) is 0 Å². The topological polar surface area (TPSA) is 17.8 Å². The molecule has 0 spiro atoms. The van der Waals surface area contributed by atoms with Crippen molar-refractivity contribution in [3.63, 3.8) is 0 Å². The molecule has 1 aliphatic rings. The van der Waals surface area contributed by atoms with Gasteiger partial charge in [0.15, 0.2) is 0 Å². The van der Waals surface area contributed by atoms with Crippen LogP contribution in [0.4, 0.5) is 0 Å². The average Bonchev–Trinajstić information content (AvgIpc) is 3.37. The highest BCUT2D eigenvalue weighted by Gasteiger charge is 2.35. The lowest BCUT2D eigenvalue weighted by Crippen LogP contribution is -2.23. The monoisotopic (exact) mass is 536 g/mol. The lowest BCUT2D eigenvalue weighted by molar-refractivity contribution is 0.645. The summed E-state index contributed by atoms with van der Waals surface area (Å²) in [7, 11) is 0. The molecule has 0 amide bonds. The SMILES string of the molecule is CC1(C)c2ccccc2-c2c3c1cccc3cc1c3ccccc3n(-c3ccc(-c4cccc5cccnc45)cc3)c21. The number of rotatable bonds is 2. The Morgan fingerprint density at radius 3 is 2.21 bits per heavy atom. The van der Waals surface area contributed by atoms with Crippen LogP contribution in [0.2, 0.25) is 0 Å². The number of pyridine rings is 1. The van der Waals surface area contributed by atoms with E-state index in [0.29, 0.717) is 0 Å². The molecule has 0 N–H and O–H groups in total. The maximum absolute atomic E-state index is 4.71. The minimum Gasteiger partial charge on any atom is -0.309 e. The number of benzene rings is 6. The molecule has 0 aliphatic heterocycles. The van der Waals surface area contributed by atoms with E-state index >= 15 is 0 Å². The standard InChI is InChI=1S/C40H28N2/c1-40(2)33-16-5-3-14-31(33)37-36-27(11-8-17-34(36)40)24-32-30-13-4-6-18-35(30)42(39(32)37)28-21-19-25(20-22-28)29-15-7-10-26-12-9-23-41-38(26)29/h3-24H,1-2H3. The van der Waals surface area contributed by atoms with E-state index in [2.05, 4.69) is 140 Å². The molecule has 1 aliphatic carbocycles. The summed E-state index contributed by atoms with van der Waals surface area (Å²) in [4.78, 5) is 4.71. The Hall–Kier alpha value is -5.21. The van der Waals surface area contributed by atoms with Crippen LogP contribution >= 0.6 is 0 Å². The fourth-order valence-corrected chi connectivity index (χ4v) is 7.47. The van der Waals surface area contributed by atoms with E-state index in [1.807, 2.05) is 12.3 Å². The zero-order valence-corrected chi connectivity index (χ0v) is 23.6. The van der Waals surface area contributed by atoms with Gasteiger partial charge in [-0.25, -0.2) is 0 Å². The summed E-state index contributed by atoms with van der Waals surface area (Å²) in [5.41, 5.74) is 12.4. The Kier molecular flexibility index (Phi) is 4.70. The van der Waals surface area contributed by atoms with Crippen molar-refractivity contribution in [2.45, 2.75) is 19.3 Å². The van der Waals surface area contributed by atoms with Gasteiger partial charge in [0.05, 0.1) is 16.6 Å². The quantitative estimate of drug-likeness (QED) is 0.215. The van der Waals surface area contributed by atoms with Crippen LogP contribution in [-0.2, 0) is 5.41 Å². The Morgan fingerprint density at radius 1 is 0.595 bits per heavy atom. The van der Waals surface area contributed by atoms with Crippen molar-refractivity contribution in [3.8, 4) is 27.9 Å². The molecule has 0 bridgehead atoms. The van der Waals surface area contributed by atoms with Crippen molar-refractivity contribution >= 4 is 43.5 Å². The molecule has 2 aromatic heterocycles. The van der Waals surface area contributed by atoms with E-state index < -0.39 is 0 Å². The third-order valence-electron chi connectivity index (χ3n) is 9.41. The van der Waals surface area contributed by atoms with E-state index in [-0.39, 0.29) is 5.41 Å². The van der Waals surface area contributed by atoms with Gasteiger partial charge < -0.3 is 4.57 Å². The Balaban J connectivity index is 1.38. The predicted octanol–water partition coefficient (Wildman–Crippen LogP) is 10.5. The number of hydrogen-bond donors (Lipinski definition) is 0. The lowest BCUT2D eigenvalue weighted by Gasteiger charge is -2.35. The van der Waals surface area contributed by atoms with Crippen LogP contribution in [0.25, 0.3) is 71.4 Å². The minimum absolute atomic E-state index is 0.0816. The van der Waals surface area contributed by atoms with Crippen molar-refractivity contribution in [1.82, 2.24) is 9.55 Å². The fourth-order valence-electron chi connectivity index (χ4n) is 7.47. The molecule has 6 aromatic carbocycles. The number of para-hydroxylation sites is 2. The second-order valence-corrected chi connectivity index (χ2v) is 12.0. The summed E-state index contributed by atoms with van der Waals surface area (Å²) in [6.45, 7) is 4.73. The molecule has 2 nitrogen and oxygen atoms in total. The van der Waals surface area contributed by atoms with Crippen LogP contribution < -0.4 is 0 Å².